The van der Waals surface area contributed by atoms with Gasteiger partial charge < -0.3 is 5.32 Å². The summed E-state index contributed by atoms with van der Waals surface area (Å²) in [4.78, 5) is 9.94. The monoisotopic (exact) mass is 140 g/mol. The van der Waals surface area contributed by atoms with E-state index >= 15 is 0 Å². The molecule has 0 bridgehead atoms. The van der Waals surface area contributed by atoms with Crippen molar-refractivity contribution in [1.29, 1.82) is 0 Å². The minimum atomic E-state index is 0.404. The molecule has 2 unspecified atom stereocenters. The lowest BCUT2D eigenvalue weighted by molar-refractivity contribution is 0.322. The molecule has 1 radical (unpaired) electrons. The molecular formula is C8H14NO. The zero-order valence-corrected chi connectivity index (χ0v) is 6.39. The normalized spacial score (nSPS) is 33.3. The fraction of sp³-hybridized carbons (Fsp3) is 0.875. The van der Waals surface area contributed by atoms with E-state index in [-0.39, 0.29) is 0 Å². The van der Waals surface area contributed by atoms with Crippen molar-refractivity contribution in [1.82, 2.24) is 5.32 Å². The zero-order chi connectivity index (χ0) is 7.40. The second kappa shape index (κ2) is 3.59. The molecule has 2 heteroatoms. The van der Waals surface area contributed by atoms with Crippen LogP contribution >= 0.6 is 0 Å². The van der Waals surface area contributed by atoms with Crippen molar-refractivity contribution in [3.63, 3.8) is 0 Å². The van der Waals surface area contributed by atoms with Crippen LogP contribution in [0.25, 0.3) is 0 Å². The molecule has 1 saturated carbocycles. The van der Waals surface area contributed by atoms with E-state index in [0.717, 1.165) is 18.8 Å². The van der Waals surface area contributed by atoms with E-state index < -0.39 is 0 Å². The molecule has 1 amide bonds. The van der Waals surface area contributed by atoms with E-state index in [1.807, 2.05) is 0 Å². The first-order valence-corrected chi connectivity index (χ1v) is 3.95. The maximum atomic E-state index is 9.94. The zero-order valence-electron chi connectivity index (χ0n) is 6.39. The smallest absolute Gasteiger partial charge is 0.309 e. The molecule has 1 fully saturated rings. The maximum Gasteiger partial charge on any atom is 0.309 e. The van der Waals surface area contributed by atoms with Crippen LogP contribution in [0.1, 0.15) is 32.6 Å². The van der Waals surface area contributed by atoms with E-state index in [9.17, 15) is 4.79 Å². The van der Waals surface area contributed by atoms with Crippen molar-refractivity contribution in [3.8, 4) is 0 Å². The SMILES string of the molecule is CC1CCCC(N[C]=O)C1. The van der Waals surface area contributed by atoms with Crippen molar-refractivity contribution in [2.24, 2.45) is 5.92 Å². The van der Waals surface area contributed by atoms with E-state index in [2.05, 4.69) is 12.2 Å². The van der Waals surface area contributed by atoms with Gasteiger partial charge in [0.2, 0.25) is 0 Å². The average Bonchev–Trinajstić information content (AvgIpc) is 1.88. The third kappa shape index (κ3) is 2.01. The van der Waals surface area contributed by atoms with E-state index in [0.29, 0.717) is 6.04 Å². The summed E-state index contributed by atoms with van der Waals surface area (Å²) in [6.45, 7) is 2.23. The van der Waals surface area contributed by atoms with Crippen LogP contribution in [-0.4, -0.2) is 12.5 Å². The van der Waals surface area contributed by atoms with Crippen LogP contribution in [0.5, 0.6) is 0 Å². The van der Waals surface area contributed by atoms with Crippen LogP contribution < -0.4 is 5.32 Å². The molecule has 0 heterocycles. The summed E-state index contributed by atoms with van der Waals surface area (Å²) in [6, 6.07) is 0.404. The molecule has 1 aliphatic carbocycles. The third-order valence-corrected chi connectivity index (χ3v) is 2.20. The summed E-state index contributed by atoms with van der Waals surface area (Å²) in [5.41, 5.74) is 0. The van der Waals surface area contributed by atoms with Crippen molar-refractivity contribution in [2.75, 3.05) is 0 Å². The molecule has 0 aromatic carbocycles. The largest absolute Gasteiger partial charge is 0.345 e. The first kappa shape index (κ1) is 7.58. The first-order valence-electron chi connectivity index (χ1n) is 3.95. The second-order valence-corrected chi connectivity index (χ2v) is 3.22. The van der Waals surface area contributed by atoms with Crippen molar-refractivity contribution in [3.05, 3.63) is 0 Å². The van der Waals surface area contributed by atoms with Gasteiger partial charge >= 0.3 is 6.41 Å². The number of hydrogen-bond acceptors (Lipinski definition) is 1. The Bertz CT molecular complexity index is 114. The van der Waals surface area contributed by atoms with Gasteiger partial charge in [0.05, 0.1) is 0 Å². The predicted molar refractivity (Wildman–Crippen MR) is 40.2 cm³/mol. The Hall–Kier alpha value is -0.530. The van der Waals surface area contributed by atoms with Crippen LogP contribution in [-0.2, 0) is 4.79 Å². The summed E-state index contributed by atoms with van der Waals surface area (Å²) in [5.74, 6) is 0.777. The Morgan fingerprint density at radius 3 is 2.90 bits per heavy atom. The van der Waals surface area contributed by atoms with Gasteiger partial charge in [-0.25, -0.2) is 0 Å². The summed E-state index contributed by atoms with van der Waals surface area (Å²) < 4.78 is 0. The summed E-state index contributed by atoms with van der Waals surface area (Å²) in [6.07, 6.45) is 6.60. The Morgan fingerprint density at radius 1 is 1.50 bits per heavy atom. The molecule has 2 nitrogen and oxygen atoms in total. The minimum Gasteiger partial charge on any atom is -0.345 e. The van der Waals surface area contributed by atoms with E-state index in [4.69, 9.17) is 0 Å². The van der Waals surface area contributed by atoms with E-state index in [1.165, 1.54) is 12.8 Å². The number of amides is 1. The highest BCUT2D eigenvalue weighted by molar-refractivity contribution is 5.47. The van der Waals surface area contributed by atoms with Gasteiger partial charge in [-0.3, -0.25) is 4.79 Å². The Morgan fingerprint density at radius 2 is 2.30 bits per heavy atom. The maximum absolute atomic E-state index is 9.94. The van der Waals surface area contributed by atoms with Gasteiger partial charge in [-0.2, -0.15) is 0 Å². The van der Waals surface area contributed by atoms with Crippen LogP contribution in [0.2, 0.25) is 0 Å². The number of rotatable bonds is 2. The van der Waals surface area contributed by atoms with Crippen LogP contribution in [0.3, 0.4) is 0 Å². The molecule has 1 aliphatic rings. The van der Waals surface area contributed by atoms with Gasteiger partial charge in [0, 0.05) is 6.04 Å². The minimum absolute atomic E-state index is 0.404. The molecule has 2 atom stereocenters. The predicted octanol–water partition coefficient (Wildman–Crippen LogP) is 1.22. The fourth-order valence-electron chi connectivity index (χ4n) is 1.65. The standard InChI is InChI=1S/C8H14NO/c1-7-3-2-4-8(5-7)9-6-10/h7-8H,2-5H2,1H3,(H,9,10). The van der Waals surface area contributed by atoms with Crippen LogP contribution in [0.4, 0.5) is 0 Å². The lowest BCUT2D eigenvalue weighted by atomic mass is 9.87. The molecule has 10 heavy (non-hydrogen) atoms. The Labute approximate surface area is 62.0 Å². The summed E-state index contributed by atoms with van der Waals surface area (Å²) >= 11 is 0. The van der Waals surface area contributed by atoms with Crippen LogP contribution in [0, 0.1) is 5.92 Å². The third-order valence-electron chi connectivity index (χ3n) is 2.20. The molecule has 1 rings (SSSR count). The topological polar surface area (TPSA) is 29.1 Å². The second-order valence-electron chi connectivity index (χ2n) is 3.22. The highest BCUT2D eigenvalue weighted by Gasteiger charge is 2.17. The van der Waals surface area contributed by atoms with Gasteiger partial charge in [0.1, 0.15) is 0 Å². The van der Waals surface area contributed by atoms with Gasteiger partial charge in [0.15, 0.2) is 0 Å². The van der Waals surface area contributed by atoms with Gasteiger partial charge in [-0.05, 0) is 18.8 Å². The highest BCUT2D eigenvalue weighted by Crippen LogP contribution is 2.22. The first-order chi connectivity index (χ1) is 4.83. The van der Waals surface area contributed by atoms with Crippen molar-refractivity contribution >= 4 is 6.41 Å². The average molecular weight is 140 g/mol. The lowest BCUT2D eigenvalue weighted by Crippen LogP contribution is -2.32. The molecule has 1 N–H and O–H groups in total. The number of carbonyl (C=O) groups excluding carboxylic acids is 1. The lowest BCUT2D eigenvalue weighted by Gasteiger charge is -2.25. The van der Waals surface area contributed by atoms with Crippen molar-refractivity contribution < 1.29 is 4.79 Å². The molecule has 0 aromatic heterocycles. The summed E-state index contributed by atoms with van der Waals surface area (Å²) in [5, 5.41) is 2.71. The molecule has 0 spiro atoms. The number of hydrogen-bond donors (Lipinski definition) is 1. The van der Waals surface area contributed by atoms with Crippen LogP contribution in [0.15, 0.2) is 0 Å². The van der Waals surface area contributed by atoms with Crippen molar-refractivity contribution in [2.45, 2.75) is 38.6 Å². The molecular weight excluding hydrogens is 126 g/mol. The quantitative estimate of drug-likeness (QED) is 0.574. The highest BCUT2D eigenvalue weighted by atomic mass is 16.1. The molecule has 0 aromatic rings. The Kier molecular flexibility index (Phi) is 2.72. The molecule has 0 aliphatic heterocycles. The number of nitrogens with one attached hydrogen (secondary N) is 1. The molecule has 57 valence electrons. The summed E-state index contributed by atoms with van der Waals surface area (Å²) in [7, 11) is 0. The van der Waals surface area contributed by atoms with E-state index in [1.54, 1.807) is 6.41 Å². The Balaban J connectivity index is 2.24. The fourth-order valence-corrected chi connectivity index (χ4v) is 1.65. The van der Waals surface area contributed by atoms with Gasteiger partial charge in [-0.15, -0.1) is 0 Å². The van der Waals surface area contributed by atoms with Gasteiger partial charge in [-0.1, -0.05) is 19.8 Å². The molecule has 0 saturated heterocycles. The van der Waals surface area contributed by atoms with Gasteiger partial charge in [0.25, 0.3) is 0 Å².